The van der Waals surface area contributed by atoms with Crippen molar-refractivity contribution in [1.82, 2.24) is 30.0 Å². The lowest BCUT2D eigenvalue weighted by Crippen LogP contribution is -2.25. The Balaban J connectivity index is 1.42. The number of benzene rings is 1. The van der Waals surface area contributed by atoms with Crippen LogP contribution in [0, 0.1) is 6.92 Å². The van der Waals surface area contributed by atoms with Gasteiger partial charge in [0.05, 0.1) is 6.20 Å². The van der Waals surface area contributed by atoms with Crippen LogP contribution in [0.2, 0.25) is 5.02 Å². The fourth-order valence-electron chi connectivity index (χ4n) is 2.91. The number of hydrogen-bond donors (Lipinski definition) is 2. The topological polar surface area (TPSA) is 111 Å². The first kappa shape index (κ1) is 20.5. The van der Waals surface area contributed by atoms with Crippen LogP contribution < -0.4 is 10.6 Å². The molecule has 0 radical (unpaired) electrons. The van der Waals surface area contributed by atoms with Crippen LogP contribution in [-0.2, 0) is 13.5 Å². The number of carbonyl (C=O) groups excluding carboxylic acids is 1. The standard InChI is InChI=1S/C21H20ClN7O2/c1-13-11-24-21(27-17-8-10-25-29(17)2)28-18(13)16-12-31-20(26-16)19(30)23-9-7-14-3-5-15(22)6-4-14/h3-6,8,10-12H,7,9H2,1-2H3,(H,23,30)(H,24,27,28). The molecule has 0 aliphatic carbocycles. The van der Waals surface area contributed by atoms with Crippen LogP contribution in [-0.4, -0.2) is 37.2 Å². The number of halogens is 1. The minimum absolute atomic E-state index is 0.0229. The van der Waals surface area contributed by atoms with E-state index in [1.54, 1.807) is 17.1 Å². The molecule has 1 amide bonds. The second-order valence-electron chi connectivity index (χ2n) is 6.86. The SMILES string of the molecule is Cc1cnc(Nc2ccnn2C)nc1-c1coc(C(=O)NCCc2ccc(Cl)cc2)n1. The molecule has 0 aliphatic heterocycles. The highest BCUT2D eigenvalue weighted by molar-refractivity contribution is 6.30. The molecule has 0 saturated heterocycles. The number of carbonyl (C=O) groups is 1. The summed E-state index contributed by atoms with van der Waals surface area (Å²) < 4.78 is 7.06. The molecule has 4 aromatic rings. The van der Waals surface area contributed by atoms with Crippen molar-refractivity contribution in [1.29, 1.82) is 0 Å². The number of nitrogens with zero attached hydrogens (tertiary/aromatic N) is 5. The zero-order valence-electron chi connectivity index (χ0n) is 17.0. The van der Waals surface area contributed by atoms with Gasteiger partial charge in [0.15, 0.2) is 0 Å². The molecule has 1 aromatic carbocycles. The summed E-state index contributed by atoms with van der Waals surface area (Å²) in [5.74, 6) is 0.724. The minimum Gasteiger partial charge on any atom is -0.440 e. The molecule has 0 spiro atoms. The van der Waals surface area contributed by atoms with Gasteiger partial charge in [-0.3, -0.25) is 9.48 Å². The van der Waals surface area contributed by atoms with Crippen LogP contribution in [0.3, 0.4) is 0 Å². The molecule has 0 fully saturated rings. The Morgan fingerprint density at radius 2 is 2.00 bits per heavy atom. The zero-order chi connectivity index (χ0) is 21.8. The predicted molar refractivity (Wildman–Crippen MR) is 116 cm³/mol. The summed E-state index contributed by atoms with van der Waals surface area (Å²) in [7, 11) is 1.81. The molecule has 158 valence electrons. The van der Waals surface area contributed by atoms with Gasteiger partial charge in [-0.25, -0.2) is 15.0 Å². The number of hydrogen-bond acceptors (Lipinski definition) is 7. The van der Waals surface area contributed by atoms with Gasteiger partial charge < -0.3 is 15.1 Å². The maximum absolute atomic E-state index is 12.4. The monoisotopic (exact) mass is 437 g/mol. The second kappa shape index (κ2) is 8.97. The van der Waals surface area contributed by atoms with Crippen LogP contribution in [0.1, 0.15) is 21.8 Å². The normalized spacial score (nSPS) is 10.8. The highest BCUT2D eigenvalue weighted by Gasteiger charge is 2.17. The van der Waals surface area contributed by atoms with Crippen molar-refractivity contribution in [2.24, 2.45) is 7.05 Å². The van der Waals surface area contributed by atoms with Gasteiger partial charge in [0.25, 0.3) is 5.89 Å². The summed E-state index contributed by atoms with van der Waals surface area (Å²) in [4.78, 5) is 25.5. The van der Waals surface area contributed by atoms with Crippen molar-refractivity contribution in [2.45, 2.75) is 13.3 Å². The van der Waals surface area contributed by atoms with Gasteiger partial charge in [0, 0.05) is 30.9 Å². The molecule has 4 rings (SSSR count). The van der Waals surface area contributed by atoms with E-state index in [4.69, 9.17) is 16.0 Å². The molecular formula is C21H20ClN7O2. The molecule has 0 aliphatic rings. The lowest BCUT2D eigenvalue weighted by molar-refractivity contribution is 0.0919. The third-order valence-electron chi connectivity index (χ3n) is 4.59. The van der Waals surface area contributed by atoms with E-state index in [1.807, 2.05) is 44.3 Å². The van der Waals surface area contributed by atoms with Gasteiger partial charge in [0.1, 0.15) is 23.5 Å². The first-order valence-electron chi connectivity index (χ1n) is 9.57. The molecule has 3 heterocycles. The van der Waals surface area contributed by atoms with Crippen molar-refractivity contribution < 1.29 is 9.21 Å². The van der Waals surface area contributed by atoms with Crippen molar-refractivity contribution in [3.8, 4) is 11.4 Å². The van der Waals surface area contributed by atoms with E-state index < -0.39 is 0 Å². The third-order valence-corrected chi connectivity index (χ3v) is 4.84. The van der Waals surface area contributed by atoms with Gasteiger partial charge >= 0.3 is 5.91 Å². The Kier molecular flexibility index (Phi) is 5.94. The fraction of sp³-hybridized carbons (Fsp3) is 0.190. The van der Waals surface area contributed by atoms with Crippen LogP contribution in [0.4, 0.5) is 11.8 Å². The van der Waals surface area contributed by atoms with Crippen LogP contribution in [0.5, 0.6) is 0 Å². The van der Waals surface area contributed by atoms with Crippen molar-refractivity contribution >= 4 is 29.3 Å². The number of amides is 1. The smallest absolute Gasteiger partial charge is 0.307 e. The molecule has 0 saturated carbocycles. The number of aromatic nitrogens is 5. The maximum Gasteiger partial charge on any atom is 0.307 e. The quantitative estimate of drug-likeness (QED) is 0.454. The summed E-state index contributed by atoms with van der Waals surface area (Å²) in [5, 5.41) is 10.7. The molecule has 31 heavy (non-hydrogen) atoms. The number of oxazole rings is 1. The largest absolute Gasteiger partial charge is 0.440 e. The van der Waals surface area contributed by atoms with E-state index in [9.17, 15) is 4.79 Å². The minimum atomic E-state index is -0.389. The van der Waals surface area contributed by atoms with Crippen LogP contribution in [0.25, 0.3) is 11.4 Å². The second-order valence-corrected chi connectivity index (χ2v) is 7.30. The first-order chi connectivity index (χ1) is 15.0. The van der Waals surface area contributed by atoms with Crippen LogP contribution in [0.15, 0.2) is 53.4 Å². The van der Waals surface area contributed by atoms with Crippen molar-refractivity contribution in [2.75, 3.05) is 11.9 Å². The van der Waals surface area contributed by atoms with Gasteiger partial charge in [-0.1, -0.05) is 23.7 Å². The summed E-state index contributed by atoms with van der Waals surface area (Å²) in [6, 6.07) is 9.30. The highest BCUT2D eigenvalue weighted by Crippen LogP contribution is 2.22. The van der Waals surface area contributed by atoms with Gasteiger partial charge in [0.2, 0.25) is 5.95 Å². The predicted octanol–water partition coefficient (Wildman–Crippen LogP) is 3.54. The molecule has 9 nitrogen and oxygen atoms in total. The molecule has 3 aromatic heterocycles. The maximum atomic E-state index is 12.4. The number of aryl methyl sites for hydroxylation is 2. The molecule has 0 bridgehead atoms. The molecule has 2 N–H and O–H groups in total. The Labute approximate surface area is 183 Å². The van der Waals surface area contributed by atoms with E-state index >= 15 is 0 Å². The average Bonchev–Trinajstić information content (AvgIpc) is 3.40. The van der Waals surface area contributed by atoms with Gasteiger partial charge in [-0.05, 0) is 36.6 Å². The Hall–Kier alpha value is -3.72. The highest BCUT2D eigenvalue weighted by atomic mass is 35.5. The molecule has 0 atom stereocenters. The van der Waals surface area contributed by atoms with Crippen molar-refractivity contribution in [3.63, 3.8) is 0 Å². The van der Waals surface area contributed by atoms with Gasteiger partial charge in [-0.15, -0.1) is 0 Å². The summed E-state index contributed by atoms with van der Waals surface area (Å²) >= 11 is 5.88. The van der Waals surface area contributed by atoms with E-state index in [0.29, 0.717) is 35.3 Å². The van der Waals surface area contributed by atoms with E-state index in [2.05, 4.69) is 30.7 Å². The van der Waals surface area contributed by atoms with Crippen LogP contribution >= 0.6 is 11.6 Å². The lowest BCUT2D eigenvalue weighted by atomic mass is 10.1. The summed E-state index contributed by atoms with van der Waals surface area (Å²) in [5.41, 5.74) is 2.90. The Bertz CT molecular complexity index is 1200. The zero-order valence-corrected chi connectivity index (χ0v) is 17.7. The molecule has 10 heteroatoms. The lowest BCUT2D eigenvalue weighted by Gasteiger charge is -2.07. The van der Waals surface area contributed by atoms with E-state index in [0.717, 1.165) is 16.9 Å². The molecular weight excluding hydrogens is 418 g/mol. The number of nitrogens with one attached hydrogen (secondary N) is 2. The number of anilines is 2. The summed E-state index contributed by atoms with van der Waals surface area (Å²) in [6.07, 6.45) is 5.44. The average molecular weight is 438 g/mol. The third kappa shape index (κ3) is 4.89. The van der Waals surface area contributed by atoms with Gasteiger partial charge in [-0.2, -0.15) is 5.10 Å². The summed E-state index contributed by atoms with van der Waals surface area (Å²) in [6.45, 7) is 2.31. The van der Waals surface area contributed by atoms with E-state index in [1.165, 1.54) is 6.26 Å². The van der Waals surface area contributed by atoms with E-state index in [-0.39, 0.29) is 11.8 Å². The Morgan fingerprint density at radius 1 is 1.19 bits per heavy atom. The van der Waals surface area contributed by atoms with Crippen molar-refractivity contribution in [3.05, 3.63) is 71.0 Å². The molecule has 0 unspecified atom stereocenters. The fourth-order valence-corrected chi connectivity index (χ4v) is 3.03. The first-order valence-corrected chi connectivity index (χ1v) is 9.94. The number of rotatable bonds is 7. The Morgan fingerprint density at radius 3 is 2.74 bits per heavy atom.